The minimum atomic E-state index is -0.919. The highest BCUT2D eigenvalue weighted by Crippen LogP contribution is 2.55. The van der Waals surface area contributed by atoms with Crippen LogP contribution < -0.4 is 0 Å². The van der Waals surface area contributed by atoms with E-state index in [0.29, 0.717) is 5.92 Å². The summed E-state index contributed by atoms with van der Waals surface area (Å²) < 4.78 is 11.0. The number of amides is 1. The van der Waals surface area contributed by atoms with E-state index in [4.69, 9.17) is 9.47 Å². The second-order valence-corrected chi connectivity index (χ2v) is 7.76. The number of hydrogen-bond acceptors (Lipinski definition) is 4. The number of rotatable bonds is 4. The lowest BCUT2D eigenvalue weighted by molar-refractivity contribution is -0.151. The van der Waals surface area contributed by atoms with Gasteiger partial charge in [-0.25, -0.2) is 4.79 Å². The Labute approximate surface area is 131 Å². The Morgan fingerprint density at radius 2 is 1.95 bits per heavy atom. The van der Waals surface area contributed by atoms with E-state index in [-0.39, 0.29) is 12.1 Å². The van der Waals surface area contributed by atoms with Crippen molar-refractivity contribution < 1.29 is 24.2 Å². The zero-order chi connectivity index (χ0) is 16.9. The quantitative estimate of drug-likeness (QED) is 0.863. The van der Waals surface area contributed by atoms with Crippen molar-refractivity contribution in [3.05, 3.63) is 0 Å². The molecule has 1 saturated heterocycles. The summed E-state index contributed by atoms with van der Waals surface area (Å²) in [5.74, 6) is -1.19. The predicted octanol–water partition coefficient (Wildman–Crippen LogP) is 2.51. The van der Waals surface area contributed by atoms with Gasteiger partial charge >= 0.3 is 12.1 Å². The Morgan fingerprint density at radius 3 is 2.41 bits per heavy atom. The van der Waals surface area contributed by atoms with Crippen molar-refractivity contribution in [1.29, 1.82) is 0 Å². The maximum atomic E-state index is 12.6. The van der Waals surface area contributed by atoms with E-state index in [1.165, 1.54) is 7.11 Å². The molecule has 22 heavy (non-hydrogen) atoms. The van der Waals surface area contributed by atoms with Crippen molar-refractivity contribution in [3.63, 3.8) is 0 Å². The van der Waals surface area contributed by atoms with E-state index in [0.717, 1.165) is 12.8 Å². The van der Waals surface area contributed by atoms with Crippen LogP contribution in [0.3, 0.4) is 0 Å². The lowest BCUT2D eigenvalue weighted by Gasteiger charge is -2.44. The molecule has 0 spiro atoms. The first-order valence-corrected chi connectivity index (χ1v) is 7.79. The van der Waals surface area contributed by atoms with Crippen molar-refractivity contribution in [2.45, 2.75) is 70.7 Å². The normalized spacial score (nSPS) is 33.1. The summed E-state index contributed by atoms with van der Waals surface area (Å²) in [6, 6.07) is 0.151. The smallest absolute Gasteiger partial charge is 0.411 e. The topological polar surface area (TPSA) is 76.1 Å². The third kappa shape index (κ3) is 2.93. The summed E-state index contributed by atoms with van der Waals surface area (Å²) in [7, 11) is 1.51. The van der Waals surface area contributed by atoms with Crippen LogP contribution in [0.4, 0.5) is 4.79 Å². The van der Waals surface area contributed by atoms with E-state index in [1.807, 2.05) is 27.7 Å². The van der Waals surface area contributed by atoms with Crippen LogP contribution in [0.5, 0.6) is 0 Å². The molecule has 2 rings (SSSR count). The molecule has 1 saturated carbocycles. The number of fused-ring (bicyclic) bond motifs is 1. The molecular weight excluding hydrogens is 286 g/mol. The molecule has 126 valence electrons. The number of methoxy groups -OCH3 is 1. The van der Waals surface area contributed by atoms with Crippen molar-refractivity contribution in [2.75, 3.05) is 7.11 Å². The summed E-state index contributed by atoms with van der Waals surface area (Å²) in [6.45, 7) is 9.03. The fraction of sp³-hybridized carbons (Fsp3) is 0.875. The molecule has 1 aliphatic carbocycles. The number of aliphatic carboxylic acids is 1. The van der Waals surface area contributed by atoms with Gasteiger partial charge in [0.1, 0.15) is 5.60 Å². The lowest BCUT2D eigenvalue weighted by atomic mass is 9.82. The molecule has 1 heterocycles. The Morgan fingerprint density at radius 1 is 1.36 bits per heavy atom. The molecule has 5 atom stereocenters. The van der Waals surface area contributed by atoms with Gasteiger partial charge in [0.25, 0.3) is 0 Å². The van der Waals surface area contributed by atoms with Gasteiger partial charge in [-0.05, 0) is 53.4 Å². The van der Waals surface area contributed by atoms with E-state index >= 15 is 0 Å². The van der Waals surface area contributed by atoms with Gasteiger partial charge in [-0.3, -0.25) is 9.69 Å². The number of nitrogens with zero attached hydrogens (tertiary/aromatic N) is 1. The van der Waals surface area contributed by atoms with Crippen LogP contribution in [0.15, 0.2) is 0 Å². The number of likely N-dealkylation sites (tertiary alicyclic amines) is 1. The van der Waals surface area contributed by atoms with Crippen LogP contribution >= 0.6 is 0 Å². The lowest BCUT2D eigenvalue weighted by Crippen LogP contribution is -2.59. The molecular formula is C16H27NO5. The van der Waals surface area contributed by atoms with Crippen LogP contribution in [0.25, 0.3) is 0 Å². The van der Waals surface area contributed by atoms with Gasteiger partial charge in [0.15, 0.2) is 0 Å². The largest absolute Gasteiger partial charge is 0.481 e. The van der Waals surface area contributed by atoms with Crippen LogP contribution in [0.1, 0.15) is 47.5 Å². The number of ether oxygens (including phenoxy) is 2. The molecule has 0 aromatic heterocycles. The van der Waals surface area contributed by atoms with Crippen LogP contribution in [0, 0.1) is 11.8 Å². The first-order chi connectivity index (χ1) is 10.0. The Balaban J connectivity index is 2.27. The SMILES string of the molecule is CO[C@H]([C@@H](C)C(=O)O)[C@]1(C)C[C@@H]2C[C@@H]2N1C(=O)OC(C)(C)C. The summed E-state index contributed by atoms with van der Waals surface area (Å²) in [5, 5.41) is 9.33. The van der Waals surface area contributed by atoms with Gasteiger partial charge in [-0.15, -0.1) is 0 Å². The summed E-state index contributed by atoms with van der Waals surface area (Å²) >= 11 is 0. The standard InChI is InChI=1S/C16H27NO5/c1-9(13(18)19)12(21-6)16(5)8-10-7-11(10)17(16)14(20)22-15(2,3)4/h9-12H,7-8H2,1-6H3,(H,18,19)/t9-,10+,11+,12-,16+/m1/s1. The minimum absolute atomic E-state index is 0.151. The molecule has 1 aliphatic heterocycles. The van der Waals surface area contributed by atoms with E-state index in [9.17, 15) is 14.7 Å². The molecule has 6 heteroatoms. The zero-order valence-corrected chi connectivity index (χ0v) is 14.3. The minimum Gasteiger partial charge on any atom is -0.481 e. The molecule has 0 bridgehead atoms. The molecule has 2 aliphatic rings. The van der Waals surface area contributed by atoms with E-state index < -0.39 is 29.1 Å². The van der Waals surface area contributed by atoms with Gasteiger partial charge in [-0.1, -0.05) is 0 Å². The second-order valence-electron chi connectivity index (χ2n) is 7.76. The summed E-state index contributed by atoms with van der Waals surface area (Å²) in [6.07, 6.45) is 0.782. The Kier molecular flexibility index (Phi) is 4.19. The molecule has 0 aromatic rings. The molecule has 6 nitrogen and oxygen atoms in total. The van der Waals surface area contributed by atoms with Gasteiger partial charge in [0.05, 0.1) is 17.6 Å². The monoisotopic (exact) mass is 313 g/mol. The van der Waals surface area contributed by atoms with Crippen molar-refractivity contribution >= 4 is 12.1 Å². The molecule has 0 unspecified atom stereocenters. The maximum Gasteiger partial charge on any atom is 0.411 e. The number of piperidine rings is 1. The highest BCUT2D eigenvalue weighted by Gasteiger charge is 2.64. The summed E-state index contributed by atoms with van der Waals surface area (Å²) in [4.78, 5) is 25.7. The van der Waals surface area contributed by atoms with Gasteiger partial charge in [0.2, 0.25) is 0 Å². The third-order valence-electron chi connectivity index (χ3n) is 4.74. The number of hydrogen-bond donors (Lipinski definition) is 1. The third-order valence-corrected chi connectivity index (χ3v) is 4.74. The first kappa shape index (κ1) is 17.1. The fourth-order valence-electron chi connectivity index (χ4n) is 3.81. The van der Waals surface area contributed by atoms with Gasteiger partial charge < -0.3 is 14.6 Å². The van der Waals surface area contributed by atoms with Crippen LogP contribution in [-0.2, 0) is 14.3 Å². The predicted molar refractivity (Wildman–Crippen MR) is 80.6 cm³/mol. The highest BCUT2D eigenvalue weighted by molar-refractivity contribution is 5.73. The zero-order valence-electron chi connectivity index (χ0n) is 14.3. The second kappa shape index (κ2) is 5.41. The molecule has 1 amide bonds. The van der Waals surface area contributed by atoms with Gasteiger partial charge in [-0.2, -0.15) is 0 Å². The van der Waals surface area contributed by atoms with Crippen LogP contribution in [-0.4, -0.2) is 52.5 Å². The maximum absolute atomic E-state index is 12.6. The Bertz CT molecular complexity index is 472. The van der Waals surface area contributed by atoms with E-state index in [1.54, 1.807) is 11.8 Å². The number of carboxylic acid groups (broad SMARTS) is 1. The molecule has 2 fully saturated rings. The average Bonchev–Trinajstić information content (AvgIpc) is 2.99. The number of carbonyl (C=O) groups excluding carboxylic acids is 1. The van der Waals surface area contributed by atoms with Crippen molar-refractivity contribution in [1.82, 2.24) is 4.90 Å². The summed E-state index contributed by atoms with van der Waals surface area (Å²) in [5.41, 5.74) is -1.23. The number of carboxylic acids is 1. The fourth-order valence-corrected chi connectivity index (χ4v) is 3.81. The highest BCUT2D eigenvalue weighted by atomic mass is 16.6. The van der Waals surface area contributed by atoms with E-state index in [2.05, 4.69) is 0 Å². The average molecular weight is 313 g/mol. The number of carbonyl (C=O) groups is 2. The molecule has 0 aromatic carbocycles. The van der Waals surface area contributed by atoms with Gasteiger partial charge in [0, 0.05) is 13.2 Å². The van der Waals surface area contributed by atoms with Crippen molar-refractivity contribution in [3.8, 4) is 0 Å². The Hall–Kier alpha value is -1.30. The molecule has 0 radical (unpaired) electrons. The van der Waals surface area contributed by atoms with Crippen molar-refractivity contribution in [2.24, 2.45) is 11.8 Å². The van der Waals surface area contributed by atoms with Crippen LogP contribution in [0.2, 0.25) is 0 Å². The molecule has 1 N–H and O–H groups in total. The first-order valence-electron chi connectivity index (χ1n) is 7.79.